The molecule has 2 amide bonds. The number of hydrogen-bond donors (Lipinski definition) is 2. The number of rotatable bonds is 4. The van der Waals surface area contributed by atoms with Gasteiger partial charge < -0.3 is 35.9 Å². The van der Waals surface area contributed by atoms with E-state index in [1.54, 1.807) is 48.5 Å². The van der Waals surface area contributed by atoms with Crippen LogP contribution in [0.2, 0.25) is 0 Å². The summed E-state index contributed by atoms with van der Waals surface area (Å²) in [6, 6.07) is 32.7. The summed E-state index contributed by atoms with van der Waals surface area (Å²) in [6.07, 6.45) is 0. The first-order valence-corrected chi connectivity index (χ1v) is 10.6. The summed E-state index contributed by atoms with van der Waals surface area (Å²) in [4.78, 5) is 24.9. The van der Waals surface area contributed by atoms with Gasteiger partial charge in [-0.05, 0) is 36.4 Å². The molecule has 0 aliphatic heterocycles. The minimum Gasteiger partial charge on any atom is -0.778 e. The number of para-hydroxylation sites is 2. The molecule has 0 radical (unpaired) electrons. The third kappa shape index (κ3) is 8.06. The van der Waals surface area contributed by atoms with Gasteiger partial charge in [-0.3, -0.25) is 9.59 Å². The molecule has 0 saturated heterocycles. The summed E-state index contributed by atoms with van der Waals surface area (Å²) >= 11 is 10.2. The minimum absolute atomic E-state index is 0. The van der Waals surface area contributed by atoms with Crippen LogP contribution in [0.4, 0.5) is 11.4 Å². The molecule has 4 nitrogen and oxygen atoms in total. The first kappa shape index (κ1) is 26.1. The van der Waals surface area contributed by atoms with Crippen LogP contribution in [0.1, 0.15) is 20.7 Å². The molecule has 2 N–H and O–H groups in total. The van der Waals surface area contributed by atoms with Crippen molar-refractivity contribution in [2.75, 3.05) is 10.6 Å². The fourth-order valence-electron chi connectivity index (χ4n) is 2.71. The first-order chi connectivity index (χ1) is 15.5. The maximum Gasteiger partial charge on any atom is 2.00 e. The molecular weight excluding hydrogens is 502 g/mol. The average molecular weight is 522 g/mol. The molecule has 0 heterocycles. The largest absolute Gasteiger partial charge is 2.00 e. The van der Waals surface area contributed by atoms with Gasteiger partial charge in [0, 0.05) is 22.5 Å². The van der Waals surface area contributed by atoms with Gasteiger partial charge in [0.05, 0.1) is 0 Å². The number of carbonyl (C=O) groups is 2. The zero-order valence-corrected chi connectivity index (χ0v) is 22.3. The Morgan fingerprint density at radius 3 is 1.12 bits per heavy atom. The van der Waals surface area contributed by atoms with E-state index >= 15 is 0 Å². The molecule has 7 heteroatoms. The van der Waals surface area contributed by atoms with Crippen LogP contribution in [-0.4, -0.2) is 11.8 Å². The zero-order chi connectivity index (χ0) is 22.8. The summed E-state index contributed by atoms with van der Waals surface area (Å²) in [6.45, 7) is 0. The Hall–Kier alpha value is -3.12. The van der Waals surface area contributed by atoms with Crippen molar-refractivity contribution in [3.63, 3.8) is 0 Å². The SMILES string of the molecule is O=C(Nc1ccccc1[S-])c1ccccc1.O=C(Nc1ccccc1[S-])c1ccccc1.[Zn+2]. The van der Waals surface area contributed by atoms with Crippen LogP contribution in [0.5, 0.6) is 0 Å². The quantitative estimate of drug-likeness (QED) is 0.268. The van der Waals surface area contributed by atoms with E-state index < -0.39 is 0 Å². The Balaban J connectivity index is 0.000000227. The third-order valence-electron chi connectivity index (χ3n) is 4.34. The second kappa shape index (κ2) is 13.4. The van der Waals surface area contributed by atoms with Crippen molar-refractivity contribution in [3.8, 4) is 0 Å². The normalized spacial score (nSPS) is 9.45. The Bertz CT molecular complexity index is 1090. The van der Waals surface area contributed by atoms with E-state index in [9.17, 15) is 9.59 Å². The molecule has 0 aliphatic rings. The van der Waals surface area contributed by atoms with Crippen molar-refractivity contribution >= 4 is 48.4 Å². The topological polar surface area (TPSA) is 58.2 Å². The molecular formula is C26H20N2O2S2Zn. The van der Waals surface area contributed by atoms with Gasteiger partial charge >= 0.3 is 19.5 Å². The standard InChI is InChI=1S/2C13H11NOS.Zn/c2*15-13(10-6-2-1-3-7-10)14-11-8-4-5-9-12(11)16;/h2*1-9,16H,(H,14,15);/q;;+2/p-2. The van der Waals surface area contributed by atoms with Crippen LogP contribution < -0.4 is 10.6 Å². The molecule has 0 saturated carbocycles. The van der Waals surface area contributed by atoms with Gasteiger partial charge in [-0.25, -0.2) is 0 Å². The molecule has 0 aliphatic carbocycles. The smallest absolute Gasteiger partial charge is 0.778 e. The van der Waals surface area contributed by atoms with Gasteiger partial charge in [0.25, 0.3) is 11.8 Å². The van der Waals surface area contributed by atoms with Gasteiger partial charge in [-0.2, -0.15) is 9.79 Å². The molecule has 160 valence electrons. The van der Waals surface area contributed by atoms with Gasteiger partial charge in [-0.15, -0.1) is 0 Å². The number of anilines is 2. The Morgan fingerprint density at radius 1 is 0.485 bits per heavy atom. The summed E-state index contributed by atoms with van der Waals surface area (Å²) in [5, 5.41) is 5.57. The zero-order valence-electron chi connectivity index (χ0n) is 17.7. The van der Waals surface area contributed by atoms with E-state index in [4.69, 9.17) is 25.3 Å². The number of hydrogen-bond acceptors (Lipinski definition) is 4. The minimum atomic E-state index is -0.141. The number of carbonyl (C=O) groups excluding carboxylic acids is 2. The number of nitrogens with one attached hydrogen (secondary N) is 2. The van der Waals surface area contributed by atoms with Gasteiger partial charge in [0.15, 0.2) is 0 Å². The maximum atomic E-state index is 11.8. The molecule has 0 atom stereocenters. The fourth-order valence-corrected chi connectivity index (χ4v) is 3.10. The van der Waals surface area contributed by atoms with E-state index in [2.05, 4.69) is 10.6 Å². The molecule has 4 aromatic carbocycles. The van der Waals surface area contributed by atoms with Crippen LogP contribution in [0.15, 0.2) is 119 Å². The second-order valence-electron chi connectivity index (χ2n) is 6.63. The molecule has 0 bridgehead atoms. The molecule has 0 spiro atoms. The fraction of sp³-hybridized carbons (Fsp3) is 0. The first-order valence-electron chi connectivity index (χ1n) is 9.79. The predicted molar refractivity (Wildman–Crippen MR) is 133 cm³/mol. The van der Waals surface area contributed by atoms with E-state index in [-0.39, 0.29) is 31.3 Å². The summed E-state index contributed by atoms with van der Waals surface area (Å²) in [7, 11) is 0. The summed E-state index contributed by atoms with van der Waals surface area (Å²) in [5.41, 5.74) is 2.60. The van der Waals surface area contributed by atoms with Crippen LogP contribution in [-0.2, 0) is 44.7 Å². The Labute approximate surface area is 217 Å². The van der Waals surface area contributed by atoms with Crippen LogP contribution in [0, 0.1) is 0 Å². The van der Waals surface area contributed by atoms with E-state index in [1.807, 2.05) is 60.7 Å². The molecule has 0 aromatic heterocycles. The van der Waals surface area contributed by atoms with Crippen molar-refractivity contribution in [1.82, 2.24) is 0 Å². The summed E-state index contributed by atoms with van der Waals surface area (Å²) < 4.78 is 0. The molecule has 0 unspecified atom stereocenters. The third-order valence-corrected chi connectivity index (χ3v) is 5.05. The molecule has 4 aromatic rings. The van der Waals surface area contributed by atoms with Crippen molar-refractivity contribution in [1.29, 1.82) is 0 Å². The number of benzene rings is 4. The Kier molecular flexibility index (Phi) is 10.6. The maximum absolute atomic E-state index is 11.8. The Morgan fingerprint density at radius 2 is 0.788 bits per heavy atom. The van der Waals surface area contributed by atoms with E-state index in [0.29, 0.717) is 32.3 Å². The predicted octanol–water partition coefficient (Wildman–Crippen LogP) is 5.69. The van der Waals surface area contributed by atoms with Gasteiger partial charge in [-0.1, -0.05) is 72.8 Å². The van der Waals surface area contributed by atoms with Crippen molar-refractivity contribution in [2.45, 2.75) is 9.79 Å². The molecule has 33 heavy (non-hydrogen) atoms. The number of amides is 2. The van der Waals surface area contributed by atoms with Crippen molar-refractivity contribution < 1.29 is 29.1 Å². The molecule has 4 rings (SSSR count). The molecule has 0 fully saturated rings. The summed E-state index contributed by atoms with van der Waals surface area (Å²) in [5.74, 6) is -0.282. The van der Waals surface area contributed by atoms with Gasteiger partial charge in [0.2, 0.25) is 0 Å². The van der Waals surface area contributed by atoms with Gasteiger partial charge in [0.1, 0.15) is 0 Å². The monoisotopic (exact) mass is 520 g/mol. The van der Waals surface area contributed by atoms with Crippen molar-refractivity contribution in [2.24, 2.45) is 0 Å². The van der Waals surface area contributed by atoms with Crippen molar-refractivity contribution in [3.05, 3.63) is 120 Å². The second-order valence-corrected chi connectivity index (χ2v) is 7.51. The van der Waals surface area contributed by atoms with Crippen LogP contribution in [0.25, 0.3) is 0 Å². The van der Waals surface area contributed by atoms with E-state index in [1.165, 1.54) is 0 Å². The van der Waals surface area contributed by atoms with E-state index in [0.717, 1.165) is 0 Å². The average Bonchev–Trinajstić information content (AvgIpc) is 2.83. The van der Waals surface area contributed by atoms with Crippen LogP contribution >= 0.6 is 0 Å². The van der Waals surface area contributed by atoms with Crippen LogP contribution in [0.3, 0.4) is 0 Å².